The molecule has 0 aliphatic rings. The monoisotopic (exact) mass is 173 g/mol. The van der Waals surface area contributed by atoms with Crippen LogP contribution in [0.4, 0.5) is 0 Å². The van der Waals surface area contributed by atoms with E-state index < -0.39 is 5.66 Å². The van der Waals surface area contributed by atoms with E-state index in [-0.39, 0.29) is 0 Å². The van der Waals surface area contributed by atoms with Crippen molar-refractivity contribution in [2.75, 3.05) is 6.54 Å². The number of hydrogen-bond acceptors (Lipinski definition) is 5. The standard InChI is InChI=1S/C7H19N5/c1-7(10,12-11)6(9)4-2-3-5-8/h9,12H,2-5,8,10-11H2,1H3. The van der Waals surface area contributed by atoms with E-state index in [1.807, 2.05) is 0 Å². The van der Waals surface area contributed by atoms with Gasteiger partial charge in [-0.3, -0.25) is 5.84 Å². The van der Waals surface area contributed by atoms with Crippen LogP contribution in [0.3, 0.4) is 0 Å². The Morgan fingerprint density at radius 2 is 2.08 bits per heavy atom. The summed E-state index contributed by atoms with van der Waals surface area (Å²) in [5.41, 5.74) is 12.9. The normalized spacial score (nSPS) is 15.7. The molecule has 1 unspecified atom stereocenters. The van der Waals surface area contributed by atoms with E-state index in [9.17, 15) is 0 Å². The quantitative estimate of drug-likeness (QED) is 0.120. The van der Waals surface area contributed by atoms with Crippen molar-refractivity contribution in [2.45, 2.75) is 31.8 Å². The van der Waals surface area contributed by atoms with Gasteiger partial charge in [0.25, 0.3) is 0 Å². The van der Waals surface area contributed by atoms with Crippen LogP contribution in [0.2, 0.25) is 0 Å². The van der Waals surface area contributed by atoms with Gasteiger partial charge >= 0.3 is 0 Å². The summed E-state index contributed by atoms with van der Waals surface area (Å²) in [6.45, 7) is 2.34. The Hall–Kier alpha value is -0.490. The van der Waals surface area contributed by atoms with Crippen LogP contribution in [0.5, 0.6) is 0 Å². The van der Waals surface area contributed by atoms with E-state index in [0.717, 1.165) is 12.8 Å². The largest absolute Gasteiger partial charge is 0.330 e. The highest BCUT2D eigenvalue weighted by atomic mass is 15.3. The summed E-state index contributed by atoms with van der Waals surface area (Å²) in [6.07, 6.45) is 2.46. The van der Waals surface area contributed by atoms with Crippen molar-refractivity contribution in [1.82, 2.24) is 5.43 Å². The Balaban J connectivity index is 3.72. The van der Waals surface area contributed by atoms with Gasteiger partial charge in [0.2, 0.25) is 0 Å². The van der Waals surface area contributed by atoms with Crippen LogP contribution >= 0.6 is 0 Å². The first-order valence-electron chi connectivity index (χ1n) is 4.09. The topological polar surface area (TPSA) is 114 Å². The van der Waals surface area contributed by atoms with Gasteiger partial charge in [-0.25, -0.2) is 5.43 Å². The summed E-state index contributed by atoms with van der Waals surface area (Å²) >= 11 is 0. The molecule has 0 rings (SSSR count). The minimum absolute atomic E-state index is 0.415. The van der Waals surface area contributed by atoms with E-state index in [1.54, 1.807) is 6.92 Å². The molecule has 8 N–H and O–H groups in total. The van der Waals surface area contributed by atoms with Crippen LogP contribution in [-0.4, -0.2) is 17.9 Å². The van der Waals surface area contributed by atoms with Crippen LogP contribution < -0.4 is 22.7 Å². The zero-order valence-electron chi connectivity index (χ0n) is 7.56. The highest BCUT2D eigenvalue weighted by Gasteiger charge is 2.21. The Bertz CT molecular complexity index is 143. The highest BCUT2D eigenvalue weighted by molar-refractivity contribution is 5.89. The second-order valence-corrected chi connectivity index (χ2v) is 3.07. The van der Waals surface area contributed by atoms with E-state index in [1.165, 1.54) is 0 Å². The molecule has 0 aromatic rings. The first kappa shape index (κ1) is 11.5. The third kappa shape index (κ3) is 3.77. The molecule has 0 aliphatic heterocycles. The Labute approximate surface area is 73.2 Å². The van der Waals surface area contributed by atoms with Crippen molar-refractivity contribution in [3.05, 3.63) is 0 Å². The second-order valence-electron chi connectivity index (χ2n) is 3.07. The van der Waals surface area contributed by atoms with E-state index >= 15 is 0 Å². The molecule has 0 aromatic heterocycles. The fourth-order valence-electron chi connectivity index (χ4n) is 0.793. The van der Waals surface area contributed by atoms with Gasteiger partial charge in [0.05, 0.1) is 0 Å². The lowest BCUT2D eigenvalue weighted by atomic mass is 10.0. The molecule has 5 heteroatoms. The number of hydrogen-bond donors (Lipinski definition) is 5. The van der Waals surface area contributed by atoms with E-state index in [2.05, 4.69) is 5.43 Å². The summed E-state index contributed by atoms with van der Waals surface area (Å²) in [5, 5.41) is 7.56. The van der Waals surface area contributed by atoms with E-state index in [4.69, 9.17) is 22.7 Å². The molecule has 0 radical (unpaired) electrons. The molecule has 0 spiro atoms. The molecule has 0 saturated carbocycles. The number of nitrogens with two attached hydrogens (primary N) is 3. The predicted octanol–water partition coefficient (Wildman–Crippen LogP) is -0.727. The summed E-state index contributed by atoms with van der Waals surface area (Å²) in [7, 11) is 0. The fourth-order valence-corrected chi connectivity index (χ4v) is 0.793. The first-order valence-corrected chi connectivity index (χ1v) is 4.09. The van der Waals surface area contributed by atoms with Gasteiger partial charge in [0.15, 0.2) is 0 Å². The fraction of sp³-hybridized carbons (Fsp3) is 0.857. The molecule has 0 heterocycles. The number of hydrazine groups is 1. The molecular weight excluding hydrogens is 154 g/mol. The summed E-state index contributed by atoms with van der Waals surface area (Å²) in [6, 6.07) is 0. The average Bonchev–Trinajstić information content (AvgIpc) is 2.05. The molecule has 5 nitrogen and oxygen atoms in total. The van der Waals surface area contributed by atoms with Gasteiger partial charge < -0.3 is 16.9 Å². The lowest BCUT2D eigenvalue weighted by molar-refractivity contribution is 0.486. The van der Waals surface area contributed by atoms with Crippen molar-refractivity contribution < 1.29 is 0 Å². The summed E-state index contributed by atoms with van der Waals surface area (Å²) in [4.78, 5) is 0. The Morgan fingerprint density at radius 1 is 1.50 bits per heavy atom. The molecular formula is C7H19N5. The maximum atomic E-state index is 7.56. The minimum Gasteiger partial charge on any atom is -0.330 e. The lowest BCUT2D eigenvalue weighted by Gasteiger charge is -2.24. The molecule has 1 atom stereocenters. The first-order chi connectivity index (χ1) is 5.54. The SMILES string of the molecule is CC(N)(NN)C(=N)CCCCN. The molecule has 0 saturated heterocycles. The molecule has 0 aromatic carbocycles. The number of nitrogens with one attached hydrogen (secondary N) is 2. The van der Waals surface area contributed by atoms with Crippen molar-refractivity contribution >= 4 is 5.71 Å². The highest BCUT2D eigenvalue weighted by Crippen LogP contribution is 2.03. The summed E-state index contributed by atoms with van der Waals surface area (Å²) in [5.74, 6) is 5.17. The lowest BCUT2D eigenvalue weighted by Crippen LogP contribution is -2.59. The van der Waals surface area contributed by atoms with Crippen LogP contribution in [-0.2, 0) is 0 Å². The molecule has 72 valence electrons. The molecule has 0 bridgehead atoms. The predicted molar refractivity (Wildman–Crippen MR) is 50.5 cm³/mol. The van der Waals surface area contributed by atoms with Crippen molar-refractivity contribution in [3.63, 3.8) is 0 Å². The number of unbranched alkanes of at least 4 members (excludes halogenated alkanes) is 1. The van der Waals surface area contributed by atoms with Gasteiger partial charge in [-0.15, -0.1) is 0 Å². The van der Waals surface area contributed by atoms with Gasteiger partial charge in [-0.2, -0.15) is 0 Å². The zero-order valence-corrected chi connectivity index (χ0v) is 7.56. The van der Waals surface area contributed by atoms with Crippen LogP contribution in [0, 0.1) is 5.41 Å². The van der Waals surface area contributed by atoms with Crippen LogP contribution in [0.15, 0.2) is 0 Å². The smallest absolute Gasteiger partial charge is 0.114 e. The van der Waals surface area contributed by atoms with Crippen LogP contribution in [0.1, 0.15) is 26.2 Å². The maximum absolute atomic E-state index is 7.56. The zero-order chi connectivity index (χ0) is 9.61. The summed E-state index contributed by atoms with van der Waals surface area (Å²) < 4.78 is 0. The van der Waals surface area contributed by atoms with Crippen LogP contribution in [0.25, 0.3) is 0 Å². The van der Waals surface area contributed by atoms with Gasteiger partial charge in [0, 0.05) is 5.71 Å². The minimum atomic E-state index is -0.880. The van der Waals surface area contributed by atoms with E-state index in [0.29, 0.717) is 18.7 Å². The Morgan fingerprint density at radius 3 is 2.50 bits per heavy atom. The third-order valence-electron chi connectivity index (χ3n) is 1.81. The third-order valence-corrected chi connectivity index (χ3v) is 1.81. The second kappa shape index (κ2) is 5.21. The Kier molecular flexibility index (Phi) is 5.00. The van der Waals surface area contributed by atoms with Gasteiger partial charge in [0.1, 0.15) is 5.66 Å². The number of rotatable bonds is 6. The molecule has 0 aliphatic carbocycles. The van der Waals surface area contributed by atoms with Crippen molar-refractivity contribution in [3.8, 4) is 0 Å². The maximum Gasteiger partial charge on any atom is 0.114 e. The van der Waals surface area contributed by atoms with Gasteiger partial charge in [-0.05, 0) is 32.7 Å². The van der Waals surface area contributed by atoms with Crippen molar-refractivity contribution in [1.29, 1.82) is 5.41 Å². The van der Waals surface area contributed by atoms with Crippen molar-refractivity contribution in [2.24, 2.45) is 17.3 Å². The molecule has 0 fully saturated rings. The van der Waals surface area contributed by atoms with Gasteiger partial charge in [-0.1, -0.05) is 0 Å². The molecule has 0 amide bonds. The average molecular weight is 173 g/mol. The molecule has 12 heavy (non-hydrogen) atoms.